The average molecular weight is 377 g/mol. The minimum absolute atomic E-state index is 0.0159. The monoisotopic (exact) mass is 376 g/mol. The molecule has 26 heavy (non-hydrogen) atoms. The third-order valence-corrected chi connectivity index (χ3v) is 4.87. The van der Waals surface area contributed by atoms with E-state index in [-0.39, 0.29) is 25.0 Å². The SMILES string of the molecule is NC(=O)CN(C(=O)CNC(=O)c1cc2cc(Cl)ccc2[nH]1)C1CCCC1. The first-order valence-corrected chi connectivity index (χ1v) is 8.96. The molecule has 1 aromatic heterocycles. The lowest BCUT2D eigenvalue weighted by Crippen LogP contribution is -2.48. The van der Waals surface area contributed by atoms with E-state index in [2.05, 4.69) is 10.3 Å². The van der Waals surface area contributed by atoms with E-state index in [1.54, 1.807) is 24.3 Å². The van der Waals surface area contributed by atoms with Gasteiger partial charge in [0, 0.05) is 22.0 Å². The molecule has 0 saturated heterocycles. The highest BCUT2D eigenvalue weighted by atomic mass is 35.5. The van der Waals surface area contributed by atoms with E-state index >= 15 is 0 Å². The Morgan fingerprint density at radius 2 is 1.96 bits per heavy atom. The summed E-state index contributed by atoms with van der Waals surface area (Å²) in [4.78, 5) is 40.6. The first-order chi connectivity index (χ1) is 12.4. The number of nitrogens with two attached hydrogens (primary N) is 1. The molecule has 1 fully saturated rings. The molecule has 1 saturated carbocycles. The molecule has 2 aromatic rings. The number of primary amides is 1. The molecule has 4 N–H and O–H groups in total. The standard InChI is InChI=1S/C18H21ClN4O3/c19-12-5-6-14-11(7-12)8-15(22-14)18(26)21-9-17(25)23(10-16(20)24)13-3-1-2-4-13/h5-8,13,22H,1-4,9-10H2,(H2,20,24)(H,21,26). The third-order valence-electron chi connectivity index (χ3n) is 4.64. The van der Waals surface area contributed by atoms with Gasteiger partial charge < -0.3 is 20.9 Å². The summed E-state index contributed by atoms with van der Waals surface area (Å²) in [6.07, 6.45) is 3.76. The molecule has 0 spiro atoms. The maximum atomic E-state index is 12.5. The molecule has 1 heterocycles. The molecule has 1 aliphatic carbocycles. The fraction of sp³-hybridized carbons (Fsp3) is 0.389. The predicted octanol–water partition coefficient (Wildman–Crippen LogP) is 1.81. The van der Waals surface area contributed by atoms with Gasteiger partial charge in [-0.3, -0.25) is 14.4 Å². The highest BCUT2D eigenvalue weighted by Gasteiger charge is 2.28. The van der Waals surface area contributed by atoms with Crippen molar-refractivity contribution < 1.29 is 14.4 Å². The van der Waals surface area contributed by atoms with Crippen molar-refractivity contribution in [1.29, 1.82) is 0 Å². The number of amides is 3. The molecule has 0 bridgehead atoms. The normalized spacial score (nSPS) is 14.5. The van der Waals surface area contributed by atoms with Gasteiger partial charge in [-0.1, -0.05) is 24.4 Å². The lowest BCUT2D eigenvalue weighted by atomic mass is 10.2. The number of rotatable bonds is 6. The van der Waals surface area contributed by atoms with Crippen LogP contribution in [0, 0.1) is 0 Å². The first-order valence-electron chi connectivity index (χ1n) is 8.58. The number of H-pyrrole nitrogens is 1. The van der Waals surface area contributed by atoms with Gasteiger partial charge in [0.05, 0.1) is 13.1 Å². The fourth-order valence-corrected chi connectivity index (χ4v) is 3.56. The Morgan fingerprint density at radius 3 is 2.65 bits per heavy atom. The van der Waals surface area contributed by atoms with E-state index in [9.17, 15) is 14.4 Å². The van der Waals surface area contributed by atoms with Gasteiger partial charge in [-0.15, -0.1) is 0 Å². The van der Waals surface area contributed by atoms with E-state index in [1.807, 2.05) is 0 Å². The second-order valence-electron chi connectivity index (χ2n) is 6.52. The third kappa shape index (κ3) is 4.16. The topological polar surface area (TPSA) is 108 Å². The number of fused-ring (bicyclic) bond motifs is 1. The molecule has 0 radical (unpaired) electrons. The quantitative estimate of drug-likeness (QED) is 0.715. The number of hydrogen-bond donors (Lipinski definition) is 3. The largest absolute Gasteiger partial charge is 0.368 e. The summed E-state index contributed by atoms with van der Waals surface area (Å²) < 4.78 is 0. The number of halogens is 1. The predicted molar refractivity (Wildman–Crippen MR) is 98.8 cm³/mol. The van der Waals surface area contributed by atoms with Crippen LogP contribution in [0.1, 0.15) is 36.2 Å². The van der Waals surface area contributed by atoms with Crippen LogP contribution in [-0.4, -0.2) is 46.7 Å². The van der Waals surface area contributed by atoms with Gasteiger partial charge in [0.25, 0.3) is 5.91 Å². The van der Waals surface area contributed by atoms with Crippen molar-refractivity contribution in [2.75, 3.05) is 13.1 Å². The maximum Gasteiger partial charge on any atom is 0.268 e. The maximum absolute atomic E-state index is 12.5. The second-order valence-corrected chi connectivity index (χ2v) is 6.96. The first kappa shape index (κ1) is 18.3. The zero-order valence-electron chi connectivity index (χ0n) is 14.3. The number of benzene rings is 1. The number of carbonyl (C=O) groups excluding carboxylic acids is 3. The molecule has 138 valence electrons. The number of carbonyl (C=O) groups is 3. The van der Waals surface area contributed by atoms with Gasteiger partial charge in [0.15, 0.2) is 0 Å². The van der Waals surface area contributed by atoms with E-state index in [1.165, 1.54) is 4.90 Å². The number of nitrogens with one attached hydrogen (secondary N) is 2. The summed E-state index contributed by atoms with van der Waals surface area (Å²) in [5, 5.41) is 4.00. The van der Waals surface area contributed by atoms with Crippen molar-refractivity contribution in [2.45, 2.75) is 31.7 Å². The molecule has 0 aliphatic heterocycles. The molecule has 3 rings (SSSR count). The van der Waals surface area contributed by atoms with Gasteiger partial charge in [-0.25, -0.2) is 0 Å². The van der Waals surface area contributed by atoms with Crippen molar-refractivity contribution in [1.82, 2.24) is 15.2 Å². The Balaban J connectivity index is 1.64. The van der Waals surface area contributed by atoms with Crippen LogP contribution in [0.25, 0.3) is 10.9 Å². The van der Waals surface area contributed by atoms with Crippen molar-refractivity contribution in [3.05, 3.63) is 35.0 Å². The van der Waals surface area contributed by atoms with Crippen LogP contribution in [-0.2, 0) is 9.59 Å². The Bertz CT molecular complexity index is 842. The Morgan fingerprint density at radius 1 is 1.23 bits per heavy atom. The summed E-state index contributed by atoms with van der Waals surface area (Å²) in [6.45, 7) is -0.303. The molecular weight excluding hydrogens is 356 g/mol. The van der Waals surface area contributed by atoms with Crippen LogP contribution in [0.2, 0.25) is 5.02 Å². The number of aromatic nitrogens is 1. The highest BCUT2D eigenvalue weighted by molar-refractivity contribution is 6.31. The zero-order chi connectivity index (χ0) is 18.7. The second kappa shape index (κ2) is 7.78. The van der Waals surface area contributed by atoms with Crippen LogP contribution >= 0.6 is 11.6 Å². The van der Waals surface area contributed by atoms with Crippen LogP contribution in [0.15, 0.2) is 24.3 Å². The molecule has 3 amide bonds. The Hall–Kier alpha value is -2.54. The summed E-state index contributed by atoms with van der Waals surface area (Å²) in [7, 11) is 0. The van der Waals surface area contributed by atoms with Crippen molar-refractivity contribution in [3.63, 3.8) is 0 Å². The highest BCUT2D eigenvalue weighted by Crippen LogP contribution is 2.23. The van der Waals surface area contributed by atoms with Gasteiger partial charge in [-0.05, 0) is 37.1 Å². The van der Waals surface area contributed by atoms with Crippen molar-refractivity contribution in [3.8, 4) is 0 Å². The Labute approximate surface area is 155 Å². The molecule has 0 atom stereocenters. The minimum atomic E-state index is -0.552. The van der Waals surface area contributed by atoms with Crippen LogP contribution in [0.3, 0.4) is 0 Å². The summed E-state index contributed by atoms with van der Waals surface area (Å²) in [6, 6.07) is 6.97. The van der Waals surface area contributed by atoms with Gasteiger partial charge in [0.1, 0.15) is 5.69 Å². The van der Waals surface area contributed by atoms with E-state index in [4.69, 9.17) is 17.3 Å². The molecule has 1 aliphatic rings. The van der Waals surface area contributed by atoms with Gasteiger partial charge in [0.2, 0.25) is 11.8 Å². The Kier molecular flexibility index (Phi) is 5.46. The molecule has 1 aromatic carbocycles. The summed E-state index contributed by atoms with van der Waals surface area (Å²) >= 11 is 5.95. The van der Waals surface area contributed by atoms with Crippen molar-refractivity contribution in [2.24, 2.45) is 5.73 Å². The van der Waals surface area contributed by atoms with E-state index < -0.39 is 11.8 Å². The molecular formula is C18H21ClN4O3. The van der Waals surface area contributed by atoms with Crippen molar-refractivity contribution >= 4 is 40.2 Å². The lowest BCUT2D eigenvalue weighted by Gasteiger charge is -2.27. The summed E-state index contributed by atoms with van der Waals surface area (Å²) in [5.74, 6) is -1.25. The van der Waals surface area contributed by atoms with Gasteiger partial charge in [-0.2, -0.15) is 0 Å². The fourth-order valence-electron chi connectivity index (χ4n) is 3.38. The summed E-state index contributed by atoms with van der Waals surface area (Å²) in [5.41, 5.74) is 6.39. The minimum Gasteiger partial charge on any atom is -0.368 e. The number of aromatic amines is 1. The van der Waals surface area contributed by atoms with E-state index in [0.717, 1.165) is 36.6 Å². The zero-order valence-corrected chi connectivity index (χ0v) is 15.0. The average Bonchev–Trinajstić information content (AvgIpc) is 3.26. The van der Waals surface area contributed by atoms with Crippen LogP contribution < -0.4 is 11.1 Å². The van der Waals surface area contributed by atoms with Crippen LogP contribution in [0.4, 0.5) is 0 Å². The lowest BCUT2D eigenvalue weighted by molar-refractivity contribution is -0.136. The molecule has 7 nitrogen and oxygen atoms in total. The number of nitrogens with zero attached hydrogens (tertiary/aromatic N) is 1. The van der Waals surface area contributed by atoms with Crippen LogP contribution in [0.5, 0.6) is 0 Å². The van der Waals surface area contributed by atoms with Gasteiger partial charge >= 0.3 is 0 Å². The number of hydrogen-bond acceptors (Lipinski definition) is 3. The molecule has 0 unspecified atom stereocenters. The molecule has 8 heteroatoms. The smallest absolute Gasteiger partial charge is 0.268 e. The van der Waals surface area contributed by atoms with E-state index in [0.29, 0.717) is 10.7 Å².